The monoisotopic (exact) mass is 738 g/mol. The van der Waals surface area contributed by atoms with Gasteiger partial charge in [0.05, 0.1) is 22.2 Å². The maximum atomic E-state index is 5.30. The summed E-state index contributed by atoms with van der Waals surface area (Å²) in [5, 5.41) is 8.62. The van der Waals surface area contributed by atoms with Crippen molar-refractivity contribution in [1.82, 2.24) is 9.55 Å². The third-order valence-electron chi connectivity index (χ3n) is 12.8. The fourth-order valence-corrected chi connectivity index (χ4v) is 9.87. The molecule has 0 saturated heterocycles. The van der Waals surface area contributed by atoms with E-state index in [1.165, 1.54) is 93.2 Å². The van der Waals surface area contributed by atoms with E-state index in [9.17, 15) is 0 Å². The van der Waals surface area contributed by atoms with E-state index >= 15 is 0 Å². The Morgan fingerprint density at radius 1 is 0.362 bits per heavy atom. The van der Waals surface area contributed by atoms with E-state index in [-0.39, 0.29) is 5.41 Å². The highest BCUT2D eigenvalue weighted by molar-refractivity contribution is 6.24. The van der Waals surface area contributed by atoms with Crippen molar-refractivity contribution < 1.29 is 0 Å². The zero-order chi connectivity index (χ0) is 38.5. The fourth-order valence-electron chi connectivity index (χ4n) is 9.87. The molecule has 0 bridgehead atoms. The second-order valence-electron chi connectivity index (χ2n) is 16.3. The molecule has 2 heteroatoms. The highest BCUT2D eigenvalue weighted by Crippen LogP contribution is 2.50. The second-order valence-corrected chi connectivity index (χ2v) is 16.3. The van der Waals surface area contributed by atoms with Crippen molar-refractivity contribution in [2.24, 2.45) is 0 Å². The van der Waals surface area contributed by atoms with Crippen LogP contribution in [0.2, 0.25) is 0 Å². The summed E-state index contributed by atoms with van der Waals surface area (Å²) < 4.78 is 2.42. The minimum atomic E-state index is -0.0415. The Morgan fingerprint density at radius 2 is 0.914 bits per heavy atom. The molecule has 0 saturated carbocycles. The van der Waals surface area contributed by atoms with E-state index in [0.717, 1.165) is 22.5 Å². The molecule has 0 spiro atoms. The second kappa shape index (κ2) is 12.4. The zero-order valence-electron chi connectivity index (χ0n) is 32.4. The van der Waals surface area contributed by atoms with Gasteiger partial charge in [-0.3, -0.25) is 0 Å². The summed E-state index contributed by atoms with van der Waals surface area (Å²) in [4.78, 5) is 5.30. The Balaban J connectivity index is 0.952. The summed E-state index contributed by atoms with van der Waals surface area (Å²) >= 11 is 0. The third kappa shape index (κ3) is 4.82. The van der Waals surface area contributed by atoms with Gasteiger partial charge in [-0.15, -0.1) is 0 Å². The Morgan fingerprint density at radius 3 is 1.71 bits per heavy atom. The van der Waals surface area contributed by atoms with Gasteiger partial charge in [-0.1, -0.05) is 159 Å². The van der Waals surface area contributed by atoms with Gasteiger partial charge in [0.15, 0.2) is 0 Å². The molecule has 2 aromatic heterocycles. The zero-order valence-corrected chi connectivity index (χ0v) is 32.4. The van der Waals surface area contributed by atoms with Gasteiger partial charge in [-0.25, -0.2) is 4.98 Å². The molecule has 0 atom stereocenters. The normalized spacial score (nSPS) is 13.1. The number of benzene rings is 9. The van der Waals surface area contributed by atoms with Gasteiger partial charge < -0.3 is 4.57 Å². The molecule has 0 unspecified atom stereocenters. The van der Waals surface area contributed by atoms with Gasteiger partial charge >= 0.3 is 0 Å². The topological polar surface area (TPSA) is 17.8 Å². The van der Waals surface area contributed by atoms with E-state index in [1.807, 2.05) is 0 Å². The minimum Gasteiger partial charge on any atom is -0.309 e. The van der Waals surface area contributed by atoms with Crippen LogP contribution in [-0.4, -0.2) is 9.55 Å². The summed E-state index contributed by atoms with van der Waals surface area (Å²) in [6.07, 6.45) is 0. The molecule has 2 heterocycles. The number of aromatic nitrogens is 2. The molecule has 272 valence electrons. The van der Waals surface area contributed by atoms with Crippen molar-refractivity contribution >= 4 is 54.3 Å². The van der Waals surface area contributed by atoms with Gasteiger partial charge in [0.25, 0.3) is 0 Å². The van der Waals surface area contributed by atoms with Crippen molar-refractivity contribution in [3.05, 3.63) is 205 Å². The number of pyridine rings is 1. The van der Waals surface area contributed by atoms with Crippen LogP contribution in [0.4, 0.5) is 0 Å². The lowest BCUT2D eigenvalue weighted by molar-refractivity contribution is 0.660. The molecule has 2 nitrogen and oxygen atoms in total. The Hall–Kier alpha value is -7.29. The van der Waals surface area contributed by atoms with Crippen LogP contribution in [0.1, 0.15) is 25.0 Å². The van der Waals surface area contributed by atoms with Gasteiger partial charge in [-0.2, -0.15) is 0 Å². The minimum absolute atomic E-state index is 0.0415. The average Bonchev–Trinajstić information content (AvgIpc) is 3.73. The summed E-state index contributed by atoms with van der Waals surface area (Å²) in [5.74, 6) is 0. The average molecular weight is 739 g/mol. The quantitative estimate of drug-likeness (QED) is 0.164. The summed E-state index contributed by atoms with van der Waals surface area (Å²) in [6.45, 7) is 4.71. The van der Waals surface area contributed by atoms with Crippen molar-refractivity contribution in [3.8, 4) is 50.3 Å². The van der Waals surface area contributed by atoms with Crippen molar-refractivity contribution in [3.63, 3.8) is 0 Å². The molecular formula is C56H38N2. The van der Waals surface area contributed by atoms with Crippen LogP contribution in [0.25, 0.3) is 105 Å². The maximum absolute atomic E-state index is 5.30. The highest BCUT2D eigenvalue weighted by atomic mass is 15.0. The number of fused-ring (bicyclic) bond motifs is 12. The molecule has 9 aromatic carbocycles. The van der Waals surface area contributed by atoms with E-state index in [1.54, 1.807) is 0 Å². The Labute approximate surface area is 337 Å². The van der Waals surface area contributed by atoms with Crippen molar-refractivity contribution in [1.29, 1.82) is 0 Å². The first-order valence-electron chi connectivity index (χ1n) is 20.2. The number of rotatable bonds is 4. The smallest absolute Gasteiger partial charge is 0.0794 e. The molecular weight excluding hydrogens is 701 g/mol. The van der Waals surface area contributed by atoms with Gasteiger partial charge in [-0.05, 0) is 109 Å². The summed E-state index contributed by atoms with van der Waals surface area (Å²) in [6, 6.07) is 71.2. The van der Waals surface area contributed by atoms with Crippen LogP contribution in [0.5, 0.6) is 0 Å². The molecule has 0 aliphatic heterocycles. The molecule has 12 rings (SSSR count). The Bertz CT molecular complexity index is 3420. The summed E-state index contributed by atoms with van der Waals surface area (Å²) in [7, 11) is 0. The molecule has 58 heavy (non-hydrogen) atoms. The van der Waals surface area contributed by atoms with Crippen LogP contribution in [-0.2, 0) is 5.41 Å². The first-order valence-corrected chi connectivity index (χ1v) is 20.2. The SMILES string of the molecule is CC1(C)c2ccccc2-c2ccc(-c3ccc4c(c3)c3ccc(-c5ccc(-c6ccc7c8ccccc8c8ccccc8c7n6)cc5)cc3n4-c3ccccc3)cc21. The molecule has 1 aliphatic carbocycles. The van der Waals surface area contributed by atoms with Crippen LogP contribution in [0.15, 0.2) is 194 Å². The predicted octanol–water partition coefficient (Wildman–Crippen LogP) is 14.9. The van der Waals surface area contributed by atoms with Crippen molar-refractivity contribution in [2.75, 3.05) is 0 Å². The van der Waals surface area contributed by atoms with E-state index < -0.39 is 0 Å². The van der Waals surface area contributed by atoms with Crippen molar-refractivity contribution in [2.45, 2.75) is 19.3 Å². The molecule has 0 N–H and O–H groups in total. The lowest BCUT2D eigenvalue weighted by Gasteiger charge is -2.22. The lowest BCUT2D eigenvalue weighted by Crippen LogP contribution is -2.14. The number of nitrogens with zero attached hydrogens (tertiary/aromatic N) is 2. The van der Waals surface area contributed by atoms with Gasteiger partial charge in [0.1, 0.15) is 0 Å². The Kier molecular flexibility index (Phi) is 7.01. The third-order valence-corrected chi connectivity index (χ3v) is 12.8. The maximum Gasteiger partial charge on any atom is 0.0794 e. The van der Waals surface area contributed by atoms with Gasteiger partial charge in [0.2, 0.25) is 0 Å². The van der Waals surface area contributed by atoms with E-state index in [2.05, 4.69) is 213 Å². The van der Waals surface area contributed by atoms with Gasteiger partial charge in [0, 0.05) is 38.2 Å². The fraction of sp³-hybridized carbons (Fsp3) is 0.0536. The molecule has 11 aromatic rings. The largest absolute Gasteiger partial charge is 0.309 e. The molecule has 0 fully saturated rings. The first-order chi connectivity index (χ1) is 28.5. The summed E-state index contributed by atoms with van der Waals surface area (Å²) in [5.41, 5.74) is 17.0. The lowest BCUT2D eigenvalue weighted by atomic mass is 9.81. The van der Waals surface area contributed by atoms with Crippen LogP contribution < -0.4 is 0 Å². The van der Waals surface area contributed by atoms with Crippen LogP contribution in [0.3, 0.4) is 0 Å². The number of hydrogen-bond donors (Lipinski definition) is 0. The molecule has 1 aliphatic rings. The number of para-hydroxylation sites is 1. The molecule has 0 amide bonds. The van der Waals surface area contributed by atoms with Crippen LogP contribution in [0, 0.1) is 0 Å². The number of hydrogen-bond acceptors (Lipinski definition) is 1. The van der Waals surface area contributed by atoms with E-state index in [4.69, 9.17) is 4.98 Å². The predicted molar refractivity (Wildman–Crippen MR) is 245 cm³/mol. The first kappa shape index (κ1) is 32.9. The standard InChI is InChI=1S/C56H38N2/c1-56(2)50-19-11-10-17-44(50)45-27-24-38(33-51(45)56)37-26-31-53-49(32-37)46-28-25-39(34-54(46)58(53)40-12-4-3-5-13-40)35-20-22-36(23-21-35)52-30-29-48-43-16-7-6-14-41(43)42-15-8-9-18-47(42)55(48)57-52/h3-34H,1-2H3. The molecule has 0 radical (unpaired) electrons. The highest BCUT2D eigenvalue weighted by Gasteiger charge is 2.35. The van der Waals surface area contributed by atoms with Crippen LogP contribution >= 0.6 is 0 Å². The van der Waals surface area contributed by atoms with E-state index in [0.29, 0.717) is 0 Å².